The Bertz CT molecular complexity index is 289. The van der Waals surface area contributed by atoms with Crippen molar-refractivity contribution in [2.75, 3.05) is 19.8 Å². The summed E-state index contributed by atoms with van der Waals surface area (Å²) in [5, 5.41) is 0. The number of rotatable bonds is 7. The molecule has 0 fully saturated rings. The van der Waals surface area contributed by atoms with E-state index in [2.05, 4.69) is 0 Å². The molecule has 0 radical (unpaired) electrons. The first kappa shape index (κ1) is 16.1. The van der Waals surface area contributed by atoms with Gasteiger partial charge >= 0.3 is 17.9 Å². The van der Waals surface area contributed by atoms with Crippen LogP contribution < -0.4 is 0 Å². The van der Waals surface area contributed by atoms with Gasteiger partial charge in [0.1, 0.15) is 31.5 Å². The Morgan fingerprint density at radius 1 is 0.833 bits per heavy atom. The van der Waals surface area contributed by atoms with Crippen LogP contribution in [0.15, 0.2) is 0 Å². The van der Waals surface area contributed by atoms with Crippen LogP contribution in [-0.4, -0.2) is 44.0 Å². The molecule has 0 aliphatic rings. The fraction of sp³-hybridized carbons (Fsp3) is 0.636. The van der Waals surface area contributed by atoms with Crippen molar-refractivity contribution in [3.05, 3.63) is 0 Å². The minimum absolute atomic E-state index is 0.327. The van der Waals surface area contributed by atoms with E-state index in [-0.39, 0.29) is 19.8 Å². The van der Waals surface area contributed by atoms with Crippen LogP contribution in [-0.2, 0) is 33.4 Å². The highest BCUT2D eigenvalue weighted by Gasteiger charge is 2.35. The molecule has 0 bridgehead atoms. The van der Waals surface area contributed by atoms with Gasteiger partial charge in [0.25, 0.3) is 0 Å². The molecule has 0 saturated carbocycles. The Morgan fingerprint density at radius 3 is 1.28 bits per heavy atom. The molecule has 0 aliphatic heterocycles. The van der Waals surface area contributed by atoms with Gasteiger partial charge in [-0.1, -0.05) is 0 Å². The Hall–Kier alpha value is -1.92. The van der Waals surface area contributed by atoms with Crippen molar-refractivity contribution in [3.63, 3.8) is 0 Å². The molecular weight excluding hydrogens is 244 g/mol. The lowest BCUT2D eigenvalue weighted by molar-refractivity contribution is -0.160. The molecule has 102 valence electrons. The normalized spacial score (nSPS) is 10.4. The van der Waals surface area contributed by atoms with Crippen molar-refractivity contribution in [1.29, 1.82) is 0 Å². The van der Waals surface area contributed by atoms with Gasteiger partial charge in [-0.3, -0.25) is 14.4 Å². The van der Waals surface area contributed by atoms with Gasteiger partial charge in [-0.25, -0.2) is 0 Å². The number of aldehydes is 1. The van der Waals surface area contributed by atoms with Crippen LogP contribution in [0.3, 0.4) is 0 Å². The minimum atomic E-state index is -1.37. The second-order valence-corrected chi connectivity index (χ2v) is 3.82. The van der Waals surface area contributed by atoms with E-state index in [0.29, 0.717) is 6.29 Å². The van der Waals surface area contributed by atoms with Crippen molar-refractivity contribution in [2.45, 2.75) is 20.8 Å². The number of ether oxygens (including phenoxy) is 3. The van der Waals surface area contributed by atoms with Gasteiger partial charge < -0.3 is 19.0 Å². The van der Waals surface area contributed by atoms with E-state index < -0.39 is 23.3 Å². The molecule has 0 spiro atoms. The van der Waals surface area contributed by atoms with Gasteiger partial charge in [-0.2, -0.15) is 0 Å². The van der Waals surface area contributed by atoms with E-state index in [0.717, 1.165) is 0 Å². The number of esters is 3. The molecule has 0 N–H and O–H groups in total. The number of hydrogen-bond donors (Lipinski definition) is 0. The fourth-order valence-corrected chi connectivity index (χ4v) is 0.963. The summed E-state index contributed by atoms with van der Waals surface area (Å²) in [5.41, 5.74) is -1.37. The molecule has 0 amide bonds. The van der Waals surface area contributed by atoms with Gasteiger partial charge in [0, 0.05) is 20.8 Å². The predicted molar refractivity (Wildman–Crippen MR) is 58.4 cm³/mol. The molecule has 0 heterocycles. The van der Waals surface area contributed by atoms with E-state index in [9.17, 15) is 19.2 Å². The molecule has 0 atom stereocenters. The van der Waals surface area contributed by atoms with Crippen molar-refractivity contribution >= 4 is 24.2 Å². The topological polar surface area (TPSA) is 96.0 Å². The van der Waals surface area contributed by atoms with E-state index in [1.807, 2.05) is 0 Å². The zero-order valence-corrected chi connectivity index (χ0v) is 10.6. The molecule has 0 aromatic rings. The standard InChI is InChI=1S/C11H16O7/c1-8(13)16-5-11(4-12,6-17-9(2)14)7-18-10(3)15/h4H,5-7H2,1-3H3. The molecule has 0 rings (SSSR count). The van der Waals surface area contributed by atoms with E-state index in [1.54, 1.807) is 0 Å². The average Bonchev–Trinajstić information content (AvgIpc) is 2.28. The lowest BCUT2D eigenvalue weighted by atomic mass is 9.93. The Labute approximate surface area is 104 Å². The van der Waals surface area contributed by atoms with Crippen molar-refractivity contribution in [1.82, 2.24) is 0 Å². The lowest BCUT2D eigenvalue weighted by Crippen LogP contribution is -2.40. The van der Waals surface area contributed by atoms with Crippen molar-refractivity contribution in [3.8, 4) is 0 Å². The Balaban J connectivity index is 4.69. The third-order valence-corrected chi connectivity index (χ3v) is 1.94. The van der Waals surface area contributed by atoms with Gasteiger partial charge in [0.2, 0.25) is 0 Å². The summed E-state index contributed by atoms with van der Waals surface area (Å²) in [6, 6.07) is 0. The average molecular weight is 260 g/mol. The molecule has 0 aromatic carbocycles. The highest BCUT2D eigenvalue weighted by Crippen LogP contribution is 2.17. The quantitative estimate of drug-likeness (QED) is 0.357. The summed E-state index contributed by atoms with van der Waals surface area (Å²) in [7, 11) is 0. The molecule has 0 unspecified atom stereocenters. The second kappa shape index (κ2) is 7.41. The van der Waals surface area contributed by atoms with Crippen LogP contribution in [0.1, 0.15) is 20.8 Å². The smallest absolute Gasteiger partial charge is 0.302 e. The highest BCUT2D eigenvalue weighted by atomic mass is 16.6. The van der Waals surface area contributed by atoms with E-state index in [4.69, 9.17) is 14.2 Å². The maximum absolute atomic E-state index is 11.1. The van der Waals surface area contributed by atoms with E-state index >= 15 is 0 Å². The number of carbonyl (C=O) groups excluding carboxylic acids is 4. The van der Waals surface area contributed by atoms with Crippen LogP contribution in [0.5, 0.6) is 0 Å². The van der Waals surface area contributed by atoms with Gasteiger partial charge in [0.05, 0.1) is 0 Å². The predicted octanol–water partition coefficient (Wildman–Crippen LogP) is -0.139. The molecule has 18 heavy (non-hydrogen) atoms. The third-order valence-electron chi connectivity index (χ3n) is 1.94. The van der Waals surface area contributed by atoms with Crippen LogP contribution in [0, 0.1) is 5.41 Å². The number of carbonyl (C=O) groups is 4. The maximum atomic E-state index is 11.1. The lowest BCUT2D eigenvalue weighted by Gasteiger charge is -2.25. The monoisotopic (exact) mass is 260 g/mol. The van der Waals surface area contributed by atoms with Crippen molar-refractivity contribution in [2.24, 2.45) is 5.41 Å². The van der Waals surface area contributed by atoms with Crippen LogP contribution in [0.4, 0.5) is 0 Å². The number of hydrogen-bond acceptors (Lipinski definition) is 7. The van der Waals surface area contributed by atoms with Gasteiger partial charge in [-0.15, -0.1) is 0 Å². The Kier molecular flexibility index (Phi) is 6.62. The fourth-order valence-electron chi connectivity index (χ4n) is 0.963. The SMILES string of the molecule is CC(=O)OCC(C=O)(COC(C)=O)COC(C)=O. The highest BCUT2D eigenvalue weighted by molar-refractivity contribution is 5.70. The second-order valence-electron chi connectivity index (χ2n) is 3.82. The third kappa shape index (κ3) is 6.62. The Morgan fingerprint density at radius 2 is 1.11 bits per heavy atom. The van der Waals surface area contributed by atoms with Crippen molar-refractivity contribution < 1.29 is 33.4 Å². The van der Waals surface area contributed by atoms with Gasteiger partial charge in [0.15, 0.2) is 0 Å². The largest absolute Gasteiger partial charge is 0.465 e. The molecule has 0 saturated heterocycles. The summed E-state index contributed by atoms with van der Waals surface area (Å²) in [4.78, 5) is 43.3. The first-order valence-corrected chi connectivity index (χ1v) is 5.18. The minimum Gasteiger partial charge on any atom is -0.465 e. The van der Waals surface area contributed by atoms with E-state index in [1.165, 1.54) is 20.8 Å². The first-order valence-electron chi connectivity index (χ1n) is 5.18. The molecule has 7 nitrogen and oxygen atoms in total. The zero-order valence-electron chi connectivity index (χ0n) is 10.6. The maximum Gasteiger partial charge on any atom is 0.302 e. The van der Waals surface area contributed by atoms with Crippen LogP contribution >= 0.6 is 0 Å². The van der Waals surface area contributed by atoms with Crippen LogP contribution in [0.25, 0.3) is 0 Å². The molecule has 0 aromatic heterocycles. The zero-order chi connectivity index (χ0) is 14.2. The molecule has 7 heteroatoms. The summed E-state index contributed by atoms with van der Waals surface area (Å²) < 4.78 is 14.1. The summed E-state index contributed by atoms with van der Waals surface area (Å²) in [6.07, 6.45) is 0.446. The summed E-state index contributed by atoms with van der Waals surface area (Å²) in [5.74, 6) is -1.77. The summed E-state index contributed by atoms with van der Waals surface area (Å²) >= 11 is 0. The molecular formula is C11H16O7. The first-order chi connectivity index (χ1) is 8.31. The van der Waals surface area contributed by atoms with Gasteiger partial charge in [-0.05, 0) is 0 Å². The van der Waals surface area contributed by atoms with Crippen LogP contribution in [0.2, 0.25) is 0 Å². The molecule has 0 aliphatic carbocycles. The summed E-state index contributed by atoms with van der Waals surface area (Å²) in [6.45, 7) is 2.54.